The Balaban J connectivity index is 1.71. The first-order valence-corrected chi connectivity index (χ1v) is 5.94. The van der Waals surface area contributed by atoms with Crippen LogP contribution in [0.15, 0.2) is 58.3 Å². The number of carbonyl (C=O) groups excluding carboxylic acids is 1. The van der Waals surface area contributed by atoms with Gasteiger partial charge >= 0.3 is 0 Å². The number of nitrogens with zero attached hydrogens (tertiary/aromatic N) is 3. The third-order valence-electron chi connectivity index (χ3n) is 2.70. The van der Waals surface area contributed by atoms with E-state index in [1.807, 2.05) is 30.3 Å². The lowest BCUT2D eigenvalue weighted by Gasteiger charge is -1.98. The Labute approximate surface area is 114 Å². The molecular formula is C14H10N4O2. The van der Waals surface area contributed by atoms with Gasteiger partial charge in [-0.3, -0.25) is 4.79 Å². The van der Waals surface area contributed by atoms with Crippen molar-refractivity contribution in [2.24, 2.45) is 5.10 Å². The van der Waals surface area contributed by atoms with Gasteiger partial charge in [-0.05, 0) is 34.1 Å². The molecule has 0 atom stereocenters. The van der Waals surface area contributed by atoms with Gasteiger partial charge in [0, 0.05) is 5.56 Å². The Morgan fingerprint density at radius 2 is 1.90 bits per heavy atom. The van der Waals surface area contributed by atoms with E-state index in [-0.39, 0.29) is 5.91 Å². The zero-order valence-corrected chi connectivity index (χ0v) is 10.4. The average molecular weight is 266 g/mol. The summed E-state index contributed by atoms with van der Waals surface area (Å²) in [6.07, 6.45) is 1.58. The lowest BCUT2D eigenvalue weighted by atomic mass is 10.2. The summed E-state index contributed by atoms with van der Waals surface area (Å²) in [6, 6.07) is 14.4. The van der Waals surface area contributed by atoms with Crippen molar-refractivity contribution in [3.63, 3.8) is 0 Å². The van der Waals surface area contributed by atoms with Crippen LogP contribution in [-0.2, 0) is 0 Å². The summed E-state index contributed by atoms with van der Waals surface area (Å²) in [6.45, 7) is 0. The second-order valence-corrected chi connectivity index (χ2v) is 4.08. The Morgan fingerprint density at radius 3 is 2.75 bits per heavy atom. The smallest absolute Gasteiger partial charge is 0.267 e. The molecule has 6 heteroatoms. The number of benzene rings is 2. The number of fused-ring (bicyclic) bond motifs is 1. The molecule has 0 bridgehead atoms. The zero-order chi connectivity index (χ0) is 13.8. The predicted molar refractivity (Wildman–Crippen MR) is 73.3 cm³/mol. The van der Waals surface area contributed by atoms with Crippen molar-refractivity contribution in [3.05, 3.63) is 59.7 Å². The van der Waals surface area contributed by atoms with Crippen molar-refractivity contribution < 1.29 is 9.42 Å². The van der Waals surface area contributed by atoms with Gasteiger partial charge in [-0.25, -0.2) is 10.1 Å². The summed E-state index contributed by atoms with van der Waals surface area (Å²) < 4.78 is 4.58. The summed E-state index contributed by atoms with van der Waals surface area (Å²) in [5, 5.41) is 11.3. The van der Waals surface area contributed by atoms with Crippen molar-refractivity contribution >= 4 is 23.2 Å². The van der Waals surface area contributed by atoms with Crippen LogP contribution in [0.3, 0.4) is 0 Å². The van der Waals surface area contributed by atoms with Crippen molar-refractivity contribution in [2.45, 2.75) is 0 Å². The highest BCUT2D eigenvalue weighted by molar-refractivity contribution is 5.97. The molecule has 2 aromatic carbocycles. The number of aromatic nitrogens is 2. The Bertz CT molecular complexity index is 765. The van der Waals surface area contributed by atoms with Crippen LogP contribution in [0.4, 0.5) is 0 Å². The maximum Gasteiger partial charge on any atom is 0.271 e. The first-order chi connectivity index (χ1) is 9.83. The molecule has 1 N–H and O–H groups in total. The molecule has 0 radical (unpaired) electrons. The fourth-order valence-electron chi connectivity index (χ4n) is 1.69. The Hall–Kier alpha value is -3.02. The number of rotatable bonds is 3. The minimum atomic E-state index is -0.318. The van der Waals surface area contributed by atoms with E-state index in [0.29, 0.717) is 16.6 Å². The summed E-state index contributed by atoms with van der Waals surface area (Å²) in [5.41, 5.74) is 4.94. The molecule has 0 unspecified atom stereocenters. The summed E-state index contributed by atoms with van der Waals surface area (Å²) in [5.74, 6) is -0.318. The van der Waals surface area contributed by atoms with E-state index in [9.17, 15) is 4.79 Å². The first-order valence-electron chi connectivity index (χ1n) is 5.94. The summed E-state index contributed by atoms with van der Waals surface area (Å²) in [4.78, 5) is 11.9. The molecule has 3 aromatic rings. The number of hydrogen-bond donors (Lipinski definition) is 1. The van der Waals surface area contributed by atoms with Crippen molar-refractivity contribution in [1.29, 1.82) is 0 Å². The molecule has 0 aliphatic carbocycles. The van der Waals surface area contributed by atoms with Crippen molar-refractivity contribution in [2.75, 3.05) is 0 Å². The molecule has 0 saturated carbocycles. The van der Waals surface area contributed by atoms with Gasteiger partial charge in [0.05, 0.1) is 6.21 Å². The van der Waals surface area contributed by atoms with Crippen LogP contribution < -0.4 is 5.43 Å². The molecule has 1 heterocycles. The van der Waals surface area contributed by atoms with Gasteiger partial charge in [0.1, 0.15) is 11.0 Å². The van der Waals surface area contributed by atoms with Crippen LogP contribution in [0.1, 0.15) is 15.9 Å². The van der Waals surface area contributed by atoms with E-state index in [2.05, 4.69) is 25.5 Å². The molecule has 3 rings (SSSR count). The minimum absolute atomic E-state index is 0.318. The highest BCUT2D eigenvalue weighted by atomic mass is 16.6. The van der Waals surface area contributed by atoms with E-state index >= 15 is 0 Å². The monoisotopic (exact) mass is 266 g/mol. The van der Waals surface area contributed by atoms with Crippen LogP contribution in [-0.4, -0.2) is 22.4 Å². The summed E-state index contributed by atoms with van der Waals surface area (Å²) >= 11 is 0. The van der Waals surface area contributed by atoms with E-state index in [1.165, 1.54) is 0 Å². The molecule has 0 aliphatic heterocycles. The summed E-state index contributed by atoms with van der Waals surface area (Å²) in [7, 11) is 0. The molecule has 0 saturated heterocycles. The third-order valence-corrected chi connectivity index (χ3v) is 2.70. The third kappa shape index (κ3) is 2.54. The molecule has 0 aliphatic rings. The quantitative estimate of drug-likeness (QED) is 0.580. The number of hydrogen-bond acceptors (Lipinski definition) is 5. The highest BCUT2D eigenvalue weighted by Crippen LogP contribution is 2.11. The van der Waals surface area contributed by atoms with Gasteiger partial charge in [0.2, 0.25) is 0 Å². The van der Waals surface area contributed by atoms with Crippen LogP contribution in [0.5, 0.6) is 0 Å². The SMILES string of the molecule is O=C(N/N=C/c1ccccc1)c1ccc2nonc2c1. The topological polar surface area (TPSA) is 80.4 Å². The number of amides is 1. The van der Waals surface area contributed by atoms with Gasteiger partial charge in [0.15, 0.2) is 0 Å². The number of nitrogens with one attached hydrogen (secondary N) is 1. The van der Waals surface area contributed by atoms with Crippen molar-refractivity contribution in [1.82, 2.24) is 15.7 Å². The van der Waals surface area contributed by atoms with Crippen LogP contribution in [0, 0.1) is 0 Å². The molecule has 20 heavy (non-hydrogen) atoms. The van der Waals surface area contributed by atoms with E-state index in [1.54, 1.807) is 24.4 Å². The fraction of sp³-hybridized carbons (Fsp3) is 0. The number of carbonyl (C=O) groups is 1. The van der Waals surface area contributed by atoms with E-state index < -0.39 is 0 Å². The standard InChI is InChI=1S/C14H10N4O2/c19-14(16-15-9-10-4-2-1-3-5-10)11-6-7-12-13(8-11)18-20-17-12/h1-9H,(H,16,19)/b15-9+. The van der Waals surface area contributed by atoms with Gasteiger partial charge in [0.25, 0.3) is 5.91 Å². The van der Waals surface area contributed by atoms with Gasteiger partial charge in [-0.1, -0.05) is 30.3 Å². The number of hydrazone groups is 1. The molecule has 6 nitrogen and oxygen atoms in total. The second-order valence-electron chi connectivity index (χ2n) is 4.08. The Kier molecular flexibility index (Phi) is 3.20. The maximum atomic E-state index is 11.9. The average Bonchev–Trinajstić information content (AvgIpc) is 2.95. The van der Waals surface area contributed by atoms with Crippen LogP contribution in [0.25, 0.3) is 11.0 Å². The lowest BCUT2D eigenvalue weighted by molar-refractivity contribution is 0.0955. The normalized spacial score (nSPS) is 11.0. The molecule has 1 amide bonds. The van der Waals surface area contributed by atoms with E-state index in [0.717, 1.165) is 5.56 Å². The van der Waals surface area contributed by atoms with Gasteiger partial charge < -0.3 is 0 Å². The van der Waals surface area contributed by atoms with E-state index in [4.69, 9.17) is 0 Å². The first kappa shape index (κ1) is 12.0. The second kappa shape index (κ2) is 5.31. The maximum absolute atomic E-state index is 11.9. The van der Waals surface area contributed by atoms with Gasteiger partial charge in [-0.2, -0.15) is 5.10 Å². The minimum Gasteiger partial charge on any atom is -0.267 e. The van der Waals surface area contributed by atoms with Gasteiger partial charge in [-0.15, -0.1) is 0 Å². The van der Waals surface area contributed by atoms with Crippen LogP contribution >= 0.6 is 0 Å². The molecule has 0 fully saturated rings. The predicted octanol–water partition coefficient (Wildman–Crippen LogP) is 1.99. The fourth-order valence-corrected chi connectivity index (χ4v) is 1.69. The molecule has 1 aromatic heterocycles. The van der Waals surface area contributed by atoms with Crippen molar-refractivity contribution in [3.8, 4) is 0 Å². The molecular weight excluding hydrogens is 256 g/mol. The van der Waals surface area contributed by atoms with Crippen LogP contribution in [0.2, 0.25) is 0 Å². The zero-order valence-electron chi connectivity index (χ0n) is 10.4. The molecule has 98 valence electrons. The highest BCUT2D eigenvalue weighted by Gasteiger charge is 2.07. The Morgan fingerprint density at radius 1 is 1.10 bits per heavy atom. The molecule has 0 spiro atoms. The largest absolute Gasteiger partial charge is 0.271 e. The lowest BCUT2D eigenvalue weighted by Crippen LogP contribution is -2.17.